The van der Waals surface area contributed by atoms with Gasteiger partial charge in [-0.3, -0.25) is 0 Å². The van der Waals surface area contributed by atoms with E-state index in [2.05, 4.69) is 4.98 Å². The van der Waals surface area contributed by atoms with Crippen LogP contribution in [-0.2, 0) is 16.0 Å². The lowest BCUT2D eigenvalue weighted by atomic mass is 10.1. The van der Waals surface area contributed by atoms with Gasteiger partial charge in [0, 0.05) is 18.0 Å². The number of ether oxygens (including phenoxy) is 1. The molecule has 2 rings (SSSR count). The first kappa shape index (κ1) is 19.2. The van der Waals surface area contributed by atoms with Crippen molar-refractivity contribution in [2.45, 2.75) is 24.1 Å². The zero-order valence-electron chi connectivity index (χ0n) is 13.4. The summed E-state index contributed by atoms with van der Waals surface area (Å²) >= 11 is 0. The van der Waals surface area contributed by atoms with Crippen LogP contribution in [0, 0.1) is 0 Å². The van der Waals surface area contributed by atoms with E-state index in [4.69, 9.17) is 4.74 Å². The van der Waals surface area contributed by atoms with Gasteiger partial charge in [0.15, 0.2) is 9.84 Å². The molecule has 0 spiro atoms. The SMILES string of the molecule is CC(O)COc1ncc(C(F)(F)F)cc1-c1cccc(S(C)(=O)=O)c1. The van der Waals surface area contributed by atoms with Crippen LogP contribution in [0.4, 0.5) is 13.2 Å². The molecule has 0 fully saturated rings. The maximum absolute atomic E-state index is 13.0. The molecular formula is C16H16F3NO4S. The molecule has 0 aliphatic carbocycles. The Balaban J connectivity index is 2.59. The van der Waals surface area contributed by atoms with Gasteiger partial charge in [0.2, 0.25) is 5.88 Å². The summed E-state index contributed by atoms with van der Waals surface area (Å²) in [5.74, 6) is -0.125. The number of hydrogen-bond donors (Lipinski definition) is 1. The van der Waals surface area contributed by atoms with E-state index in [9.17, 15) is 26.7 Å². The van der Waals surface area contributed by atoms with Crippen molar-refractivity contribution in [2.24, 2.45) is 0 Å². The number of aromatic nitrogens is 1. The topological polar surface area (TPSA) is 76.5 Å². The average molecular weight is 375 g/mol. The Kier molecular flexibility index (Phi) is 5.38. The van der Waals surface area contributed by atoms with Crippen molar-refractivity contribution < 1.29 is 31.4 Å². The summed E-state index contributed by atoms with van der Waals surface area (Å²) in [4.78, 5) is 3.64. The zero-order chi connectivity index (χ0) is 18.8. The molecule has 9 heteroatoms. The first-order valence-electron chi connectivity index (χ1n) is 7.17. The van der Waals surface area contributed by atoms with E-state index < -0.39 is 27.7 Å². The number of sulfone groups is 1. The smallest absolute Gasteiger partial charge is 0.417 e. The van der Waals surface area contributed by atoms with E-state index in [1.165, 1.54) is 31.2 Å². The van der Waals surface area contributed by atoms with Crippen LogP contribution in [0.2, 0.25) is 0 Å². The van der Waals surface area contributed by atoms with Gasteiger partial charge < -0.3 is 9.84 Å². The Morgan fingerprint density at radius 1 is 1.28 bits per heavy atom. The van der Waals surface area contributed by atoms with Gasteiger partial charge in [-0.25, -0.2) is 13.4 Å². The number of aliphatic hydroxyl groups excluding tert-OH is 1. The summed E-state index contributed by atoms with van der Waals surface area (Å²) in [7, 11) is -3.53. The molecule has 0 aliphatic heterocycles. The highest BCUT2D eigenvalue weighted by atomic mass is 32.2. The Morgan fingerprint density at radius 3 is 2.52 bits per heavy atom. The molecule has 1 N–H and O–H groups in total. The molecule has 1 aromatic heterocycles. The molecule has 136 valence electrons. The second-order valence-corrected chi connectivity index (χ2v) is 7.55. The van der Waals surface area contributed by atoms with Crippen molar-refractivity contribution in [1.82, 2.24) is 4.98 Å². The van der Waals surface area contributed by atoms with Crippen molar-refractivity contribution in [3.63, 3.8) is 0 Å². The molecule has 0 saturated carbocycles. The number of nitrogens with zero attached hydrogens (tertiary/aromatic N) is 1. The van der Waals surface area contributed by atoms with E-state index in [1.54, 1.807) is 0 Å². The first-order valence-corrected chi connectivity index (χ1v) is 9.06. The van der Waals surface area contributed by atoms with Crippen LogP contribution >= 0.6 is 0 Å². The summed E-state index contributed by atoms with van der Waals surface area (Å²) in [6.45, 7) is 1.28. The monoisotopic (exact) mass is 375 g/mol. The van der Waals surface area contributed by atoms with E-state index >= 15 is 0 Å². The third-order valence-corrected chi connectivity index (χ3v) is 4.32. The molecule has 0 amide bonds. The quantitative estimate of drug-likeness (QED) is 0.870. The van der Waals surface area contributed by atoms with Gasteiger partial charge in [-0.1, -0.05) is 12.1 Å². The number of halogens is 3. The fourth-order valence-corrected chi connectivity index (χ4v) is 2.69. The van der Waals surface area contributed by atoms with Crippen molar-refractivity contribution in [2.75, 3.05) is 12.9 Å². The second-order valence-electron chi connectivity index (χ2n) is 5.53. The minimum atomic E-state index is -4.61. The van der Waals surface area contributed by atoms with Gasteiger partial charge in [0.05, 0.1) is 16.6 Å². The summed E-state index contributed by atoms with van der Waals surface area (Å²) in [5.41, 5.74) is -0.792. The lowest BCUT2D eigenvalue weighted by Gasteiger charge is -2.15. The lowest BCUT2D eigenvalue weighted by Crippen LogP contribution is -2.14. The Bertz CT molecular complexity index is 864. The highest BCUT2D eigenvalue weighted by Crippen LogP contribution is 2.36. The summed E-state index contributed by atoms with van der Waals surface area (Å²) in [5, 5.41) is 9.30. The third-order valence-electron chi connectivity index (χ3n) is 3.21. The highest BCUT2D eigenvalue weighted by molar-refractivity contribution is 7.90. The molecule has 2 aromatic rings. The number of aliphatic hydroxyl groups is 1. The molecule has 1 aromatic carbocycles. The predicted octanol–water partition coefficient (Wildman–Crippen LogP) is 2.93. The fourth-order valence-electron chi connectivity index (χ4n) is 2.02. The van der Waals surface area contributed by atoms with Crippen LogP contribution in [0.5, 0.6) is 5.88 Å². The molecule has 0 bridgehead atoms. The second kappa shape index (κ2) is 7.01. The van der Waals surface area contributed by atoms with Crippen molar-refractivity contribution in [3.05, 3.63) is 42.1 Å². The summed E-state index contributed by atoms with van der Waals surface area (Å²) in [6.07, 6.45) is -3.83. The molecule has 5 nitrogen and oxygen atoms in total. The van der Waals surface area contributed by atoms with Gasteiger partial charge in [-0.2, -0.15) is 13.2 Å². The van der Waals surface area contributed by atoms with Gasteiger partial charge in [0.25, 0.3) is 0 Å². The number of benzene rings is 1. The maximum Gasteiger partial charge on any atom is 0.417 e. The number of rotatable bonds is 5. The van der Waals surface area contributed by atoms with Crippen LogP contribution in [0.15, 0.2) is 41.4 Å². The van der Waals surface area contributed by atoms with Gasteiger partial charge in [0.1, 0.15) is 6.61 Å². The van der Waals surface area contributed by atoms with Crippen molar-refractivity contribution in [3.8, 4) is 17.0 Å². The van der Waals surface area contributed by atoms with Gasteiger partial charge in [-0.15, -0.1) is 0 Å². The number of pyridine rings is 1. The molecule has 1 unspecified atom stereocenters. The maximum atomic E-state index is 13.0. The predicted molar refractivity (Wildman–Crippen MR) is 85.0 cm³/mol. The van der Waals surface area contributed by atoms with Gasteiger partial charge >= 0.3 is 6.18 Å². The van der Waals surface area contributed by atoms with Gasteiger partial charge in [-0.05, 0) is 30.7 Å². The molecular weight excluding hydrogens is 359 g/mol. The van der Waals surface area contributed by atoms with E-state index in [1.807, 2.05) is 0 Å². The average Bonchev–Trinajstić information content (AvgIpc) is 2.51. The highest BCUT2D eigenvalue weighted by Gasteiger charge is 2.32. The molecule has 1 heterocycles. The fraction of sp³-hybridized carbons (Fsp3) is 0.312. The van der Waals surface area contributed by atoms with E-state index in [-0.39, 0.29) is 28.5 Å². The minimum absolute atomic E-state index is 0.0130. The van der Waals surface area contributed by atoms with Crippen molar-refractivity contribution in [1.29, 1.82) is 0 Å². The molecule has 0 saturated heterocycles. The number of hydrogen-bond acceptors (Lipinski definition) is 5. The van der Waals surface area contributed by atoms with Crippen LogP contribution in [-0.4, -0.2) is 37.5 Å². The lowest BCUT2D eigenvalue weighted by molar-refractivity contribution is -0.137. The first-order chi connectivity index (χ1) is 11.5. The molecule has 1 atom stereocenters. The Morgan fingerprint density at radius 2 is 1.96 bits per heavy atom. The standard InChI is InChI=1S/C16H16F3NO4S/c1-10(21)9-24-15-14(7-12(8-20-15)16(17,18)19)11-4-3-5-13(6-11)25(2,22)23/h3-8,10,21H,9H2,1-2H3. The molecule has 0 aliphatic rings. The van der Waals surface area contributed by atoms with Crippen LogP contribution in [0.25, 0.3) is 11.1 Å². The summed E-state index contributed by atoms with van der Waals surface area (Å²) < 4.78 is 67.6. The van der Waals surface area contributed by atoms with E-state index in [0.717, 1.165) is 12.3 Å². The molecule has 25 heavy (non-hydrogen) atoms. The normalized spacial score (nSPS) is 13.5. The number of alkyl halides is 3. The largest absolute Gasteiger partial charge is 0.474 e. The zero-order valence-corrected chi connectivity index (χ0v) is 14.2. The molecule has 0 radical (unpaired) electrons. The van der Waals surface area contributed by atoms with Crippen molar-refractivity contribution >= 4 is 9.84 Å². The summed E-state index contributed by atoms with van der Waals surface area (Å²) in [6, 6.07) is 6.31. The minimum Gasteiger partial charge on any atom is -0.474 e. The third kappa shape index (κ3) is 4.93. The van der Waals surface area contributed by atoms with Crippen LogP contribution < -0.4 is 4.74 Å². The van der Waals surface area contributed by atoms with Crippen LogP contribution in [0.3, 0.4) is 0 Å². The Hall–Kier alpha value is -2.13. The Labute approximate surface area is 143 Å². The van der Waals surface area contributed by atoms with Crippen LogP contribution in [0.1, 0.15) is 12.5 Å². The van der Waals surface area contributed by atoms with E-state index in [0.29, 0.717) is 6.20 Å².